The first-order valence-corrected chi connectivity index (χ1v) is 11.6. The van der Waals surface area contributed by atoms with E-state index >= 15 is 0 Å². The standard InChI is InChI=1S/C26H23ClF3N5O2/c1-14-10-32-19(18-5-6-31-25(34-18)26(3,4)13-28)9-21(14)35-15(2)7-22(23(27)24(35)36)37-12-20-17(30)8-16(29)11-33-20/h5-11H,12-13H2,1-4H3. The quantitative estimate of drug-likeness (QED) is 0.316. The molecule has 0 saturated heterocycles. The van der Waals surface area contributed by atoms with Gasteiger partial charge in [0.05, 0.1) is 28.7 Å². The number of rotatable bonds is 7. The molecule has 0 aliphatic rings. The maximum absolute atomic E-state index is 13.9. The van der Waals surface area contributed by atoms with Crippen molar-refractivity contribution in [3.05, 3.63) is 92.6 Å². The summed E-state index contributed by atoms with van der Waals surface area (Å²) in [6.07, 6.45) is 4.00. The van der Waals surface area contributed by atoms with Crippen LogP contribution in [0.1, 0.15) is 36.6 Å². The third-order valence-electron chi connectivity index (χ3n) is 5.72. The summed E-state index contributed by atoms with van der Waals surface area (Å²) in [6, 6.07) is 5.57. The zero-order chi connectivity index (χ0) is 26.9. The summed E-state index contributed by atoms with van der Waals surface area (Å²) < 4.78 is 47.5. The molecular weight excluding hydrogens is 507 g/mol. The third-order valence-corrected chi connectivity index (χ3v) is 6.07. The normalized spacial score (nSPS) is 11.6. The molecule has 7 nitrogen and oxygen atoms in total. The van der Waals surface area contributed by atoms with Gasteiger partial charge < -0.3 is 4.74 Å². The van der Waals surface area contributed by atoms with Crippen LogP contribution < -0.4 is 10.3 Å². The zero-order valence-electron chi connectivity index (χ0n) is 20.5. The average molecular weight is 530 g/mol. The molecule has 0 fully saturated rings. The van der Waals surface area contributed by atoms with Gasteiger partial charge in [0.2, 0.25) is 0 Å². The minimum atomic E-state index is -0.871. The highest BCUT2D eigenvalue weighted by atomic mass is 35.5. The lowest BCUT2D eigenvalue weighted by Gasteiger charge is -2.19. The number of alkyl halides is 1. The van der Waals surface area contributed by atoms with Crippen LogP contribution in [0.3, 0.4) is 0 Å². The lowest BCUT2D eigenvalue weighted by molar-refractivity contribution is 0.292. The van der Waals surface area contributed by atoms with Gasteiger partial charge in [-0.05, 0) is 31.5 Å². The van der Waals surface area contributed by atoms with E-state index in [2.05, 4.69) is 19.9 Å². The first-order chi connectivity index (χ1) is 17.5. The Hall–Kier alpha value is -3.79. The minimum Gasteiger partial charge on any atom is -0.485 e. The number of halogens is 4. The van der Waals surface area contributed by atoms with Crippen molar-refractivity contribution in [1.82, 2.24) is 24.5 Å². The highest BCUT2D eigenvalue weighted by Crippen LogP contribution is 2.28. The average Bonchev–Trinajstić information content (AvgIpc) is 2.87. The van der Waals surface area contributed by atoms with Crippen LogP contribution in [0, 0.1) is 25.5 Å². The Morgan fingerprint density at radius 3 is 2.51 bits per heavy atom. The molecule has 4 rings (SSSR count). The molecule has 0 N–H and O–H groups in total. The summed E-state index contributed by atoms with van der Waals surface area (Å²) in [5.74, 6) is -1.31. The first kappa shape index (κ1) is 26.3. The van der Waals surface area contributed by atoms with Crippen molar-refractivity contribution >= 4 is 11.6 Å². The fraction of sp³-hybridized carbons (Fsp3) is 0.269. The molecule has 4 aromatic rings. The second kappa shape index (κ2) is 10.3. The summed E-state index contributed by atoms with van der Waals surface area (Å²) in [5, 5.41) is -0.222. The number of nitrogens with zero attached hydrogens (tertiary/aromatic N) is 5. The molecule has 0 unspecified atom stereocenters. The van der Waals surface area contributed by atoms with Crippen LogP contribution in [0.5, 0.6) is 5.75 Å². The van der Waals surface area contributed by atoms with Gasteiger partial charge in [-0.15, -0.1) is 0 Å². The predicted octanol–water partition coefficient (Wildman–Crippen LogP) is 5.46. The Labute approximate surface area is 216 Å². The molecule has 0 aliphatic carbocycles. The Morgan fingerprint density at radius 1 is 1.05 bits per heavy atom. The van der Waals surface area contributed by atoms with Gasteiger partial charge in [-0.1, -0.05) is 25.4 Å². The second-order valence-corrected chi connectivity index (χ2v) is 9.49. The monoisotopic (exact) mass is 529 g/mol. The molecule has 0 aliphatic heterocycles. The topological polar surface area (TPSA) is 82.8 Å². The summed E-state index contributed by atoms with van der Waals surface area (Å²) in [4.78, 5) is 30.1. The molecule has 11 heteroatoms. The van der Waals surface area contributed by atoms with E-state index in [1.54, 1.807) is 46.0 Å². The smallest absolute Gasteiger partial charge is 0.277 e. The number of pyridine rings is 3. The number of hydrogen-bond donors (Lipinski definition) is 0. The van der Waals surface area contributed by atoms with Crippen molar-refractivity contribution in [3.8, 4) is 22.8 Å². The maximum Gasteiger partial charge on any atom is 0.277 e. The summed E-state index contributed by atoms with van der Waals surface area (Å²) in [5.41, 5.74) is 1.05. The van der Waals surface area contributed by atoms with Crippen molar-refractivity contribution in [1.29, 1.82) is 0 Å². The molecule has 0 amide bonds. The van der Waals surface area contributed by atoms with Gasteiger partial charge >= 0.3 is 0 Å². The van der Waals surface area contributed by atoms with Crippen LogP contribution in [0.15, 0.2) is 47.7 Å². The Morgan fingerprint density at radius 2 is 1.81 bits per heavy atom. The van der Waals surface area contributed by atoms with Crippen LogP contribution >= 0.6 is 11.6 Å². The van der Waals surface area contributed by atoms with E-state index in [1.165, 1.54) is 16.8 Å². The Bertz CT molecular complexity index is 1540. The van der Waals surface area contributed by atoms with E-state index in [0.717, 1.165) is 6.20 Å². The molecule has 0 saturated carbocycles. The van der Waals surface area contributed by atoms with E-state index in [0.29, 0.717) is 40.2 Å². The van der Waals surface area contributed by atoms with E-state index in [-0.39, 0.29) is 23.1 Å². The summed E-state index contributed by atoms with van der Waals surface area (Å²) >= 11 is 6.34. The third kappa shape index (κ3) is 5.34. The fourth-order valence-electron chi connectivity index (χ4n) is 3.56. The van der Waals surface area contributed by atoms with Crippen LogP contribution in [-0.4, -0.2) is 31.2 Å². The number of hydrogen-bond acceptors (Lipinski definition) is 6. The van der Waals surface area contributed by atoms with Gasteiger partial charge in [-0.3, -0.25) is 23.7 Å². The molecule has 37 heavy (non-hydrogen) atoms. The highest BCUT2D eigenvalue weighted by molar-refractivity contribution is 6.31. The molecular formula is C26H23ClF3N5O2. The fourth-order valence-corrected chi connectivity index (χ4v) is 3.76. The van der Waals surface area contributed by atoms with Crippen LogP contribution in [-0.2, 0) is 12.0 Å². The van der Waals surface area contributed by atoms with Gasteiger partial charge in [0.1, 0.15) is 41.4 Å². The van der Waals surface area contributed by atoms with Gasteiger partial charge in [-0.2, -0.15) is 0 Å². The Balaban J connectivity index is 1.72. The molecule has 4 aromatic heterocycles. The highest BCUT2D eigenvalue weighted by Gasteiger charge is 2.25. The number of aryl methyl sites for hydroxylation is 2. The first-order valence-electron chi connectivity index (χ1n) is 11.2. The molecule has 0 spiro atoms. The van der Waals surface area contributed by atoms with Crippen molar-refractivity contribution in [2.24, 2.45) is 0 Å². The maximum atomic E-state index is 13.9. The molecule has 4 heterocycles. The van der Waals surface area contributed by atoms with Gasteiger partial charge in [0, 0.05) is 30.2 Å². The number of ether oxygens (including phenoxy) is 1. The largest absolute Gasteiger partial charge is 0.485 e. The van der Waals surface area contributed by atoms with E-state index < -0.39 is 29.3 Å². The van der Waals surface area contributed by atoms with E-state index in [1.807, 2.05) is 0 Å². The van der Waals surface area contributed by atoms with Crippen molar-refractivity contribution in [2.45, 2.75) is 39.7 Å². The zero-order valence-corrected chi connectivity index (χ0v) is 21.3. The lowest BCUT2D eigenvalue weighted by atomic mass is 9.94. The van der Waals surface area contributed by atoms with Gasteiger partial charge in [0.15, 0.2) is 5.82 Å². The van der Waals surface area contributed by atoms with Gasteiger partial charge in [0.25, 0.3) is 5.56 Å². The van der Waals surface area contributed by atoms with Gasteiger partial charge in [-0.25, -0.2) is 18.7 Å². The lowest BCUT2D eigenvalue weighted by Crippen LogP contribution is -2.23. The van der Waals surface area contributed by atoms with Crippen molar-refractivity contribution in [2.75, 3.05) is 6.67 Å². The number of aromatic nitrogens is 5. The van der Waals surface area contributed by atoms with Crippen molar-refractivity contribution < 1.29 is 17.9 Å². The Kier molecular flexibility index (Phi) is 7.31. The van der Waals surface area contributed by atoms with E-state index in [9.17, 15) is 18.0 Å². The van der Waals surface area contributed by atoms with Crippen LogP contribution in [0.25, 0.3) is 17.1 Å². The molecule has 0 bridgehead atoms. The van der Waals surface area contributed by atoms with Crippen LogP contribution in [0.4, 0.5) is 13.2 Å². The van der Waals surface area contributed by atoms with Crippen molar-refractivity contribution in [3.63, 3.8) is 0 Å². The van der Waals surface area contributed by atoms with Crippen LogP contribution in [0.2, 0.25) is 5.02 Å². The second-order valence-electron chi connectivity index (χ2n) is 9.11. The SMILES string of the molecule is Cc1cnc(-c2ccnc(C(C)(C)CF)n2)cc1-n1c(C)cc(OCc2ncc(F)cc2F)c(Cl)c1=O. The minimum absolute atomic E-state index is 0.0340. The molecule has 0 radical (unpaired) electrons. The predicted molar refractivity (Wildman–Crippen MR) is 133 cm³/mol. The van der Waals surface area contributed by atoms with E-state index in [4.69, 9.17) is 16.3 Å². The summed E-state index contributed by atoms with van der Waals surface area (Å²) in [7, 11) is 0. The molecule has 0 atom stereocenters. The summed E-state index contributed by atoms with van der Waals surface area (Å²) in [6.45, 7) is 5.90. The molecule has 0 aromatic carbocycles. The molecule has 192 valence electrons.